The smallest absolute Gasteiger partial charge is 0.407 e. The van der Waals surface area contributed by atoms with Crippen molar-refractivity contribution in [1.29, 1.82) is 0 Å². The van der Waals surface area contributed by atoms with Crippen molar-refractivity contribution in [2.24, 2.45) is 11.1 Å². The van der Waals surface area contributed by atoms with Crippen molar-refractivity contribution in [2.75, 3.05) is 11.9 Å². The average Bonchev–Trinajstić information content (AvgIpc) is 2.99. The van der Waals surface area contributed by atoms with Crippen LogP contribution in [-0.2, 0) is 0 Å². The molecular formula is C23H30N4O4S. The summed E-state index contributed by atoms with van der Waals surface area (Å²) in [6.07, 6.45) is 1.25. The Balaban J connectivity index is 1.94. The first-order chi connectivity index (χ1) is 15.1. The quantitative estimate of drug-likeness (QED) is 0.535. The molecule has 3 rings (SSSR count). The van der Waals surface area contributed by atoms with E-state index in [0.29, 0.717) is 23.5 Å². The summed E-state index contributed by atoms with van der Waals surface area (Å²) in [7, 11) is 0. The van der Waals surface area contributed by atoms with Crippen LogP contribution in [0, 0.1) is 5.41 Å². The highest BCUT2D eigenvalue weighted by Gasteiger charge is 2.41. The highest BCUT2D eigenvalue weighted by Crippen LogP contribution is 2.36. The second-order valence-corrected chi connectivity index (χ2v) is 10.1. The average molecular weight is 459 g/mol. The third-order valence-corrected chi connectivity index (χ3v) is 6.70. The van der Waals surface area contributed by atoms with Crippen LogP contribution in [0.4, 0.5) is 14.6 Å². The van der Waals surface area contributed by atoms with Gasteiger partial charge >= 0.3 is 12.1 Å². The molecule has 0 aliphatic carbocycles. The highest BCUT2D eigenvalue weighted by atomic mass is 32.1. The first-order valence-corrected chi connectivity index (χ1v) is 11.5. The monoisotopic (exact) mass is 458 g/mol. The molecule has 2 aromatic rings. The van der Waals surface area contributed by atoms with Crippen molar-refractivity contribution in [3.8, 4) is 10.4 Å². The number of nitrogens with one attached hydrogen (secondary N) is 2. The van der Waals surface area contributed by atoms with Gasteiger partial charge in [-0.3, -0.25) is 10.1 Å². The standard InChI is InChI=1S/C23H30N4O4S/c1-23(2,3)18-16(11-7-8-12-27(18)22(30)31)25-19(28)15-13-17(14-9-5-4-6-10-14)32-20(15)26-21(24)29/h4-6,9-10,13,16,18H,7-8,11-12H2,1-3H3,(H,25,28)(H,30,31)(H3,24,26,29)/t16-,18?/m0/s1. The molecule has 2 heterocycles. The normalized spacial score (nSPS) is 19.2. The van der Waals surface area contributed by atoms with E-state index in [-0.39, 0.29) is 23.4 Å². The Bertz CT molecular complexity index is 984. The van der Waals surface area contributed by atoms with Crippen molar-refractivity contribution >= 4 is 34.4 Å². The van der Waals surface area contributed by atoms with Gasteiger partial charge < -0.3 is 21.1 Å². The Kier molecular flexibility index (Phi) is 7.08. The molecule has 0 spiro atoms. The van der Waals surface area contributed by atoms with Crippen LogP contribution in [-0.4, -0.2) is 46.7 Å². The van der Waals surface area contributed by atoms with Gasteiger partial charge in [-0.1, -0.05) is 51.1 Å². The third kappa shape index (κ3) is 5.40. The van der Waals surface area contributed by atoms with Crippen LogP contribution in [0.1, 0.15) is 50.4 Å². The lowest BCUT2D eigenvalue weighted by atomic mass is 9.80. The molecule has 1 unspecified atom stereocenters. The van der Waals surface area contributed by atoms with Crippen LogP contribution >= 0.6 is 11.3 Å². The van der Waals surface area contributed by atoms with E-state index in [1.807, 2.05) is 51.1 Å². The van der Waals surface area contributed by atoms with Gasteiger partial charge in [0.25, 0.3) is 5.91 Å². The first kappa shape index (κ1) is 23.6. The fourth-order valence-electron chi connectivity index (χ4n) is 4.35. The Hall–Kier alpha value is -3.07. The van der Waals surface area contributed by atoms with Gasteiger partial charge in [-0.2, -0.15) is 0 Å². The molecule has 1 aromatic heterocycles. The lowest BCUT2D eigenvalue weighted by Gasteiger charge is -2.42. The van der Waals surface area contributed by atoms with Crippen molar-refractivity contribution in [1.82, 2.24) is 10.2 Å². The van der Waals surface area contributed by atoms with Gasteiger partial charge in [0, 0.05) is 11.4 Å². The summed E-state index contributed by atoms with van der Waals surface area (Å²) < 4.78 is 0. The molecule has 0 saturated carbocycles. The number of hydrogen-bond acceptors (Lipinski definition) is 4. The summed E-state index contributed by atoms with van der Waals surface area (Å²) in [5.74, 6) is -0.362. The van der Waals surface area contributed by atoms with Gasteiger partial charge in [0.1, 0.15) is 5.00 Å². The molecule has 1 aliphatic heterocycles. The van der Waals surface area contributed by atoms with Crippen molar-refractivity contribution in [2.45, 2.75) is 52.1 Å². The minimum atomic E-state index is -0.982. The fourth-order valence-corrected chi connectivity index (χ4v) is 5.42. The molecule has 5 N–H and O–H groups in total. The maximum Gasteiger partial charge on any atom is 0.407 e. The minimum absolute atomic E-state index is 0.312. The number of nitrogens with zero attached hydrogens (tertiary/aromatic N) is 1. The lowest BCUT2D eigenvalue weighted by Crippen LogP contribution is -2.58. The van der Waals surface area contributed by atoms with Crippen molar-refractivity contribution < 1.29 is 19.5 Å². The maximum absolute atomic E-state index is 13.4. The number of anilines is 1. The van der Waals surface area contributed by atoms with Crippen molar-refractivity contribution in [3.05, 3.63) is 42.0 Å². The van der Waals surface area contributed by atoms with E-state index in [1.54, 1.807) is 6.07 Å². The zero-order valence-corrected chi connectivity index (χ0v) is 19.4. The molecule has 1 fully saturated rings. The van der Waals surface area contributed by atoms with Crippen LogP contribution in [0.2, 0.25) is 0 Å². The molecule has 0 bridgehead atoms. The van der Waals surface area contributed by atoms with Crippen LogP contribution in [0.3, 0.4) is 0 Å². The van der Waals surface area contributed by atoms with E-state index in [0.717, 1.165) is 23.3 Å². The summed E-state index contributed by atoms with van der Waals surface area (Å²) in [5, 5.41) is 15.8. The molecule has 172 valence electrons. The molecule has 2 atom stereocenters. The molecule has 9 heteroatoms. The van der Waals surface area contributed by atoms with E-state index in [9.17, 15) is 19.5 Å². The number of urea groups is 1. The number of rotatable bonds is 4. The summed E-state index contributed by atoms with van der Waals surface area (Å²) in [6, 6.07) is 9.79. The predicted molar refractivity (Wildman–Crippen MR) is 126 cm³/mol. The number of likely N-dealkylation sites (tertiary alicyclic amines) is 1. The number of primary amides is 1. The zero-order chi connectivity index (χ0) is 23.5. The number of carboxylic acid groups (broad SMARTS) is 1. The van der Waals surface area contributed by atoms with Crippen LogP contribution in [0.15, 0.2) is 36.4 Å². The Morgan fingerprint density at radius 3 is 2.44 bits per heavy atom. The number of hydrogen-bond donors (Lipinski definition) is 4. The summed E-state index contributed by atoms with van der Waals surface area (Å²) in [4.78, 5) is 39.1. The minimum Gasteiger partial charge on any atom is -0.465 e. The van der Waals surface area contributed by atoms with Gasteiger partial charge in [0.05, 0.1) is 17.6 Å². The van der Waals surface area contributed by atoms with E-state index in [1.165, 1.54) is 16.2 Å². The number of thiophene rings is 1. The lowest BCUT2D eigenvalue weighted by molar-refractivity contribution is 0.0618. The zero-order valence-electron chi connectivity index (χ0n) is 18.6. The van der Waals surface area contributed by atoms with E-state index >= 15 is 0 Å². The van der Waals surface area contributed by atoms with E-state index < -0.39 is 12.1 Å². The van der Waals surface area contributed by atoms with Gasteiger partial charge in [-0.05, 0) is 36.3 Å². The highest BCUT2D eigenvalue weighted by molar-refractivity contribution is 7.20. The van der Waals surface area contributed by atoms with Crippen LogP contribution in [0.25, 0.3) is 10.4 Å². The van der Waals surface area contributed by atoms with Crippen LogP contribution in [0.5, 0.6) is 0 Å². The van der Waals surface area contributed by atoms with Crippen molar-refractivity contribution in [3.63, 3.8) is 0 Å². The van der Waals surface area contributed by atoms with Crippen LogP contribution < -0.4 is 16.4 Å². The number of carbonyl (C=O) groups is 3. The molecule has 32 heavy (non-hydrogen) atoms. The Morgan fingerprint density at radius 2 is 1.84 bits per heavy atom. The van der Waals surface area contributed by atoms with Gasteiger partial charge in [0.2, 0.25) is 0 Å². The molecule has 1 aromatic carbocycles. The molecule has 4 amide bonds. The van der Waals surface area contributed by atoms with E-state index in [4.69, 9.17) is 5.73 Å². The SMILES string of the molecule is CC(C)(C)C1[C@@H](NC(=O)c2cc(-c3ccccc3)sc2NC(N)=O)CCCCN1C(=O)O. The van der Waals surface area contributed by atoms with Gasteiger partial charge in [0.15, 0.2) is 0 Å². The molecule has 1 saturated heterocycles. The number of carbonyl (C=O) groups excluding carboxylic acids is 2. The fraction of sp³-hybridized carbons (Fsp3) is 0.435. The summed E-state index contributed by atoms with van der Waals surface area (Å²) >= 11 is 1.27. The number of amides is 4. The number of benzene rings is 1. The molecular weight excluding hydrogens is 428 g/mol. The molecule has 0 radical (unpaired) electrons. The number of nitrogens with two attached hydrogens (primary N) is 1. The third-order valence-electron chi connectivity index (χ3n) is 5.60. The van der Waals surface area contributed by atoms with Gasteiger partial charge in [-0.15, -0.1) is 11.3 Å². The Morgan fingerprint density at radius 1 is 1.16 bits per heavy atom. The second kappa shape index (κ2) is 9.60. The van der Waals surface area contributed by atoms with E-state index in [2.05, 4.69) is 10.6 Å². The first-order valence-electron chi connectivity index (χ1n) is 10.6. The summed E-state index contributed by atoms with van der Waals surface area (Å²) in [6.45, 7) is 6.39. The van der Waals surface area contributed by atoms with Gasteiger partial charge in [-0.25, -0.2) is 9.59 Å². The second-order valence-electron chi connectivity index (χ2n) is 9.07. The topological polar surface area (TPSA) is 125 Å². The predicted octanol–water partition coefficient (Wildman–Crippen LogP) is 4.58. The largest absolute Gasteiger partial charge is 0.465 e. The Labute approximate surface area is 191 Å². The molecule has 8 nitrogen and oxygen atoms in total. The summed E-state index contributed by atoms with van der Waals surface area (Å²) in [5.41, 5.74) is 6.18. The maximum atomic E-state index is 13.4. The molecule has 1 aliphatic rings.